The summed E-state index contributed by atoms with van der Waals surface area (Å²) in [5, 5.41) is 13.9. The van der Waals surface area contributed by atoms with E-state index >= 15 is 0 Å². The standard InChI is InChI=1S/C14H16Cl2N2/c1-18-11-4-6-14(9-17,7-5-11)10-2-3-12(15)13(16)8-10/h2-3,8,11,18H,4-7H2,1H3/t11-,14+. The highest BCUT2D eigenvalue weighted by molar-refractivity contribution is 6.42. The van der Waals surface area contributed by atoms with Crippen LogP contribution in [-0.4, -0.2) is 13.1 Å². The summed E-state index contributed by atoms with van der Waals surface area (Å²) in [4.78, 5) is 0. The molecule has 96 valence electrons. The molecule has 4 heteroatoms. The zero-order valence-electron chi connectivity index (χ0n) is 10.3. The van der Waals surface area contributed by atoms with Gasteiger partial charge in [-0.15, -0.1) is 0 Å². The van der Waals surface area contributed by atoms with Crippen LogP contribution in [0.4, 0.5) is 0 Å². The number of rotatable bonds is 2. The molecular weight excluding hydrogens is 267 g/mol. The zero-order chi connectivity index (χ0) is 13.2. The summed E-state index contributed by atoms with van der Waals surface area (Å²) in [5.41, 5.74) is 0.593. The van der Waals surface area contributed by atoms with E-state index < -0.39 is 5.41 Å². The highest BCUT2D eigenvalue weighted by Gasteiger charge is 2.37. The van der Waals surface area contributed by atoms with Gasteiger partial charge in [0, 0.05) is 6.04 Å². The Morgan fingerprint density at radius 1 is 1.28 bits per heavy atom. The molecule has 0 saturated heterocycles. The van der Waals surface area contributed by atoms with Crippen molar-refractivity contribution in [1.82, 2.24) is 5.32 Å². The van der Waals surface area contributed by atoms with Gasteiger partial charge < -0.3 is 5.32 Å². The van der Waals surface area contributed by atoms with Gasteiger partial charge in [0.25, 0.3) is 0 Å². The van der Waals surface area contributed by atoms with Crippen LogP contribution in [0.5, 0.6) is 0 Å². The molecule has 1 aromatic rings. The van der Waals surface area contributed by atoms with Gasteiger partial charge in [-0.1, -0.05) is 29.3 Å². The van der Waals surface area contributed by atoms with E-state index in [1.165, 1.54) is 0 Å². The summed E-state index contributed by atoms with van der Waals surface area (Å²) in [7, 11) is 1.98. The fourth-order valence-electron chi connectivity index (χ4n) is 2.66. The van der Waals surface area contributed by atoms with Crippen molar-refractivity contribution in [2.75, 3.05) is 7.05 Å². The Labute approximate surface area is 118 Å². The van der Waals surface area contributed by atoms with E-state index in [2.05, 4.69) is 11.4 Å². The van der Waals surface area contributed by atoms with Crippen molar-refractivity contribution in [2.24, 2.45) is 0 Å². The zero-order valence-corrected chi connectivity index (χ0v) is 11.9. The van der Waals surface area contributed by atoms with Gasteiger partial charge in [0.1, 0.15) is 0 Å². The molecule has 0 radical (unpaired) electrons. The predicted octanol–water partition coefficient (Wildman–Crippen LogP) is 3.92. The molecule has 0 spiro atoms. The maximum absolute atomic E-state index is 9.57. The van der Waals surface area contributed by atoms with Crippen LogP contribution >= 0.6 is 23.2 Å². The van der Waals surface area contributed by atoms with Crippen LogP contribution in [0.2, 0.25) is 10.0 Å². The largest absolute Gasteiger partial charge is 0.317 e. The molecule has 0 aromatic heterocycles. The van der Waals surface area contributed by atoms with E-state index in [4.69, 9.17) is 23.2 Å². The maximum Gasteiger partial charge on any atom is 0.0824 e. The second-order valence-electron chi connectivity index (χ2n) is 4.89. The van der Waals surface area contributed by atoms with E-state index in [9.17, 15) is 5.26 Å². The molecule has 18 heavy (non-hydrogen) atoms. The minimum atomic E-state index is -0.401. The second kappa shape index (κ2) is 5.48. The van der Waals surface area contributed by atoms with Gasteiger partial charge in [0.2, 0.25) is 0 Å². The van der Waals surface area contributed by atoms with Crippen molar-refractivity contribution in [1.29, 1.82) is 5.26 Å². The highest BCUT2D eigenvalue weighted by Crippen LogP contribution is 2.40. The minimum absolute atomic E-state index is 0.401. The lowest BCUT2D eigenvalue weighted by Crippen LogP contribution is -2.37. The van der Waals surface area contributed by atoms with E-state index in [1.807, 2.05) is 19.2 Å². The quantitative estimate of drug-likeness (QED) is 0.893. The van der Waals surface area contributed by atoms with Crippen molar-refractivity contribution in [2.45, 2.75) is 37.1 Å². The molecule has 0 unspecified atom stereocenters. The summed E-state index contributed by atoms with van der Waals surface area (Å²) in [5.74, 6) is 0. The van der Waals surface area contributed by atoms with Crippen LogP contribution in [-0.2, 0) is 5.41 Å². The molecule has 1 aliphatic carbocycles. The molecule has 0 atom stereocenters. The number of nitrogens with one attached hydrogen (secondary N) is 1. The number of nitrogens with zero attached hydrogens (tertiary/aromatic N) is 1. The fourth-order valence-corrected chi connectivity index (χ4v) is 2.96. The Morgan fingerprint density at radius 2 is 1.94 bits per heavy atom. The first-order valence-corrected chi connectivity index (χ1v) is 6.91. The minimum Gasteiger partial charge on any atom is -0.317 e. The van der Waals surface area contributed by atoms with Crippen LogP contribution in [0.15, 0.2) is 18.2 Å². The van der Waals surface area contributed by atoms with Crippen molar-refractivity contribution >= 4 is 23.2 Å². The van der Waals surface area contributed by atoms with Crippen molar-refractivity contribution in [3.05, 3.63) is 33.8 Å². The Balaban J connectivity index is 2.28. The van der Waals surface area contributed by atoms with Crippen molar-refractivity contribution in [3.63, 3.8) is 0 Å². The monoisotopic (exact) mass is 282 g/mol. The molecule has 1 aliphatic rings. The molecule has 1 aromatic carbocycles. The lowest BCUT2D eigenvalue weighted by atomic mass is 9.69. The number of halogens is 2. The SMILES string of the molecule is CN[C@H]1CC[C@@](C#N)(c2ccc(Cl)c(Cl)c2)CC1. The Morgan fingerprint density at radius 3 is 2.44 bits per heavy atom. The summed E-state index contributed by atoms with van der Waals surface area (Å²) in [6.07, 6.45) is 3.77. The molecule has 0 aliphatic heterocycles. The lowest BCUT2D eigenvalue weighted by molar-refractivity contribution is 0.306. The number of benzene rings is 1. The summed E-state index contributed by atoms with van der Waals surface area (Å²) in [6, 6.07) is 8.57. The molecular formula is C14H16Cl2N2. The Bertz CT molecular complexity index is 471. The van der Waals surface area contributed by atoms with Crippen LogP contribution < -0.4 is 5.32 Å². The van der Waals surface area contributed by atoms with Crippen LogP contribution in [0, 0.1) is 11.3 Å². The van der Waals surface area contributed by atoms with Crippen LogP contribution in [0.3, 0.4) is 0 Å². The smallest absolute Gasteiger partial charge is 0.0824 e. The van der Waals surface area contributed by atoms with Gasteiger partial charge >= 0.3 is 0 Å². The second-order valence-corrected chi connectivity index (χ2v) is 5.70. The topological polar surface area (TPSA) is 35.8 Å². The fraction of sp³-hybridized carbons (Fsp3) is 0.500. The van der Waals surface area contributed by atoms with Gasteiger partial charge in [-0.25, -0.2) is 0 Å². The maximum atomic E-state index is 9.57. The number of nitriles is 1. The number of hydrogen-bond donors (Lipinski definition) is 1. The third-order valence-corrected chi connectivity index (χ3v) is 4.67. The average Bonchev–Trinajstić information content (AvgIpc) is 2.42. The number of hydrogen-bond acceptors (Lipinski definition) is 2. The Hall–Kier alpha value is -0.750. The summed E-state index contributed by atoms with van der Waals surface area (Å²) >= 11 is 12.0. The molecule has 2 rings (SSSR count). The van der Waals surface area contributed by atoms with Gasteiger partial charge in [0.05, 0.1) is 21.5 Å². The first-order chi connectivity index (χ1) is 8.61. The van der Waals surface area contributed by atoms with Crippen LogP contribution in [0.1, 0.15) is 31.2 Å². The van der Waals surface area contributed by atoms with Gasteiger partial charge in [-0.2, -0.15) is 5.26 Å². The van der Waals surface area contributed by atoms with Crippen molar-refractivity contribution in [3.8, 4) is 6.07 Å². The molecule has 1 fully saturated rings. The van der Waals surface area contributed by atoms with Crippen LogP contribution in [0.25, 0.3) is 0 Å². The highest BCUT2D eigenvalue weighted by atomic mass is 35.5. The molecule has 1 N–H and O–H groups in total. The van der Waals surface area contributed by atoms with E-state index in [-0.39, 0.29) is 0 Å². The average molecular weight is 283 g/mol. The lowest BCUT2D eigenvalue weighted by Gasteiger charge is -2.35. The van der Waals surface area contributed by atoms with E-state index in [0.717, 1.165) is 31.2 Å². The molecule has 1 saturated carbocycles. The normalized spacial score (nSPS) is 27.8. The summed E-state index contributed by atoms with van der Waals surface area (Å²) in [6.45, 7) is 0. The third-order valence-electron chi connectivity index (χ3n) is 3.93. The predicted molar refractivity (Wildman–Crippen MR) is 75.1 cm³/mol. The van der Waals surface area contributed by atoms with E-state index in [0.29, 0.717) is 16.1 Å². The van der Waals surface area contributed by atoms with E-state index in [1.54, 1.807) is 6.07 Å². The molecule has 0 amide bonds. The van der Waals surface area contributed by atoms with Crippen molar-refractivity contribution < 1.29 is 0 Å². The molecule has 0 heterocycles. The first kappa shape index (κ1) is 13.7. The third kappa shape index (κ3) is 2.49. The molecule has 2 nitrogen and oxygen atoms in total. The summed E-state index contributed by atoms with van der Waals surface area (Å²) < 4.78 is 0. The first-order valence-electron chi connectivity index (χ1n) is 6.15. The van der Waals surface area contributed by atoms with Gasteiger partial charge in [0.15, 0.2) is 0 Å². The Kier molecular flexibility index (Phi) is 4.17. The molecule has 0 bridgehead atoms. The van der Waals surface area contributed by atoms with Gasteiger partial charge in [-0.3, -0.25) is 0 Å². The van der Waals surface area contributed by atoms with Gasteiger partial charge in [-0.05, 0) is 50.4 Å².